The summed E-state index contributed by atoms with van der Waals surface area (Å²) in [6, 6.07) is 12.5. The number of sulfone groups is 1. The molecule has 1 saturated heterocycles. The van der Waals surface area contributed by atoms with E-state index in [1.807, 2.05) is 18.2 Å². The highest BCUT2D eigenvalue weighted by molar-refractivity contribution is 7.90. The van der Waals surface area contributed by atoms with Crippen molar-refractivity contribution in [2.24, 2.45) is 11.3 Å². The van der Waals surface area contributed by atoms with E-state index in [1.165, 1.54) is 6.26 Å². The molecule has 1 heterocycles. The van der Waals surface area contributed by atoms with Crippen LogP contribution in [-0.4, -0.2) is 90.6 Å². The number of amides is 2. The zero-order valence-corrected chi connectivity index (χ0v) is 27.0. The van der Waals surface area contributed by atoms with Gasteiger partial charge in [0.1, 0.15) is 15.7 Å². The van der Waals surface area contributed by atoms with Crippen molar-refractivity contribution >= 4 is 54.6 Å². The van der Waals surface area contributed by atoms with Gasteiger partial charge >= 0.3 is 0 Å². The number of anilines is 1. The molecule has 3 fully saturated rings. The number of alkyl halides is 2. The fraction of sp³-hybridized carbons (Fsp3) is 0.533. The molecule has 5 rings (SSSR count). The van der Waals surface area contributed by atoms with Crippen LogP contribution in [0, 0.1) is 11.3 Å². The van der Waals surface area contributed by atoms with Crippen molar-refractivity contribution in [2.75, 3.05) is 44.3 Å². The van der Waals surface area contributed by atoms with Gasteiger partial charge in [-0.3, -0.25) is 9.59 Å². The smallest absolute Gasteiger partial charge is 0.248 e. The van der Waals surface area contributed by atoms with E-state index < -0.39 is 21.1 Å². The Kier molecular flexibility index (Phi) is 9.14. The Labute approximate surface area is 265 Å². The second kappa shape index (κ2) is 12.3. The highest BCUT2D eigenvalue weighted by Crippen LogP contribution is 2.63. The molecule has 236 valence electrons. The van der Waals surface area contributed by atoms with E-state index in [-0.39, 0.29) is 47.4 Å². The summed E-state index contributed by atoms with van der Waals surface area (Å²) in [6.07, 6.45) is 2.23. The zero-order valence-electron chi connectivity index (χ0n) is 25.5. The third-order valence-electron chi connectivity index (χ3n) is 9.80. The third-order valence-corrected chi connectivity index (χ3v) is 11.2. The fourth-order valence-corrected chi connectivity index (χ4v) is 7.50. The second-order valence-corrected chi connectivity index (χ2v) is 15.5. The van der Waals surface area contributed by atoms with Crippen molar-refractivity contribution in [2.45, 2.75) is 54.8 Å². The molecule has 2 aliphatic carbocycles. The Balaban J connectivity index is 1.14. The van der Waals surface area contributed by atoms with Crippen molar-refractivity contribution in [3.63, 3.8) is 0 Å². The Morgan fingerprint density at radius 3 is 2.27 bits per heavy atom. The first kappa shape index (κ1) is 32.8. The summed E-state index contributed by atoms with van der Waals surface area (Å²) in [5.74, 6) is -3.23. The predicted octanol–water partition coefficient (Wildman–Crippen LogP) is 2.21. The van der Waals surface area contributed by atoms with Gasteiger partial charge in [0.15, 0.2) is 9.84 Å². The van der Waals surface area contributed by atoms with E-state index in [4.69, 9.17) is 11.6 Å². The van der Waals surface area contributed by atoms with Crippen molar-refractivity contribution in [1.82, 2.24) is 15.1 Å². The maximum atomic E-state index is 13.6. The van der Waals surface area contributed by atoms with Crippen LogP contribution in [0.25, 0.3) is 0 Å². The SMILES string of the molecule is BC(B)(c1cc(Cl)ccc1NCc1ccc(S(C)(=O)=O)cc1)N1CCN(C(=O)CNC(=O)C2CC23CCC(F)(F)CC3)CC1. The molecular formula is C30H39B2ClF2N4O4S. The van der Waals surface area contributed by atoms with E-state index >= 15 is 0 Å². The van der Waals surface area contributed by atoms with Gasteiger partial charge in [0.05, 0.1) is 11.4 Å². The van der Waals surface area contributed by atoms with Crippen molar-refractivity contribution < 1.29 is 26.8 Å². The third kappa shape index (κ3) is 7.26. The Morgan fingerprint density at radius 2 is 1.66 bits per heavy atom. The number of nitrogens with one attached hydrogen (secondary N) is 2. The summed E-state index contributed by atoms with van der Waals surface area (Å²) in [5.41, 5.74) is 2.55. The molecule has 0 radical (unpaired) electrons. The lowest BCUT2D eigenvalue weighted by molar-refractivity contribution is -0.135. The van der Waals surface area contributed by atoms with Crippen molar-refractivity contribution in [3.05, 3.63) is 58.6 Å². The van der Waals surface area contributed by atoms with Gasteiger partial charge in [-0.15, -0.1) is 0 Å². The van der Waals surface area contributed by atoms with Crippen LogP contribution in [0.1, 0.15) is 43.2 Å². The average Bonchev–Trinajstić information content (AvgIpc) is 3.70. The van der Waals surface area contributed by atoms with E-state index in [0.717, 1.165) is 16.8 Å². The van der Waals surface area contributed by atoms with Gasteiger partial charge in [-0.25, -0.2) is 17.2 Å². The summed E-state index contributed by atoms with van der Waals surface area (Å²) in [7, 11) is 0.979. The maximum Gasteiger partial charge on any atom is 0.248 e. The molecule has 0 aromatic heterocycles. The molecule has 44 heavy (non-hydrogen) atoms. The Hall–Kier alpha value is -2.63. The van der Waals surface area contributed by atoms with E-state index in [9.17, 15) is 26.8 Å². The van der Waals surface area contributed by atoms with E-state index in [2.05, 4.69) is 31.2 Å². The second-order valence-electron chi connectivity index (χ2n) is 13.1. The minimum absolute atomic E-state index is 0.0848. The molecule has 1 spiro atoms. The monoisotopic (exact) mass is 646 g/mol. The first-order valence-corrected chi connectivity index (χ1v) is 17.4. The molecule has 2 aromatic carbocycles. The van der Waals surface area contributed by atoms with Crippen LogP contribution in [0.5, 0.6) is 0 Å². The molecule has 3 aliphatic rings. The number of piperazine rings is 1. The number of carbonyl (C=O) groups is 2. The summed E-state index contributed by atoms with van der Waals surface area (Å²) >= 11 is 6.43. The summed E-state index contributed by atoms with van der Waals surface area (Å²) in [5, 5.41) is 6.43. The predicted molar refractivity (Wildman–Crippen MR) is 172 cm³/mol. The molecule has 2 saturated carbocycles. The van der Waals surface area contributed by atoms with Gasteiger partial charge in [-0.05, 0) is 71.5 Å². The molecule has 2 aromatic rings. The first-order chi connectivity index (χ1) is 20.6. The van der Waals surface area contributed by atoms with Gasteiger partial charge in [-0.1, -0.05) is 23.7 Å². The highest BCUT2D eigenvalue weighted by Gasteiger charge is 2.60. The zero-order chi connectivity index (χ0) is 31.9. The Morgan fingerprint density at radius 1 is 1.02 bits per heavy atom. The van der Waals surface area contributed by atoms with E-state index in [1.54, 1.807) is 29.2 Å². The van der Waals surface area contributed by atoms with Gasteiger partial charge in [0, 0.05) is 68.4 Å². The molecule has 1 atom stereocenters. The van der Waals surface area contributed by atoms with Gasteiger partial charge in [0.2, 0.25) is 17.7 Å². The van der Waals surface area contributed by atoms with Crippen LogP contribution in [0.3, 0.4) is 0 Å². The molecule has 1 aliphatic heterocycles. The van der Waals surface area contributed by atoms with Crippen molar-refractivity contribution in [1.29, 1.82) is 0 Å². The number of rotatable bonds is 9. The molecular weight excluding hydrogens is 607 g/mol. The molecule has 2 N–H and O–H groups in total. The minimum atomic E-state index is -3.26. The number of hydrogen-bond donors (Lipinski definition) is 2. The molecule has 14 heteroatoms. The lowest BCUT2D eigenvalue weighted by atomic mass is 9.56. The van der Waals surface area contributed by atoms with Crippen LogP contribution in [0.4, 0.5) is 14.5 Å². The largest absolute Gasteiger partial charge is 0.381 e. The molecule has 2 amide bonds. The lowest BCUT2D eigenvalue weighted by Crippen LogP contribution is -2.58. The number of carbonyl (C=O) groups excluding carboxylic acids is 2. The van der Waals surface area contributed by atoms with Gasteiger partial charge in [0.25, 0.3) is 0 Å². The van der Waals surface area contributed by atoms with Crippen LogP contribution < -0.4 is 10.6 Å². The summed E-state index contributed by atoms with van der Waals surface area (Å²) in [6.45, 7) is 2.69. The fourth-order valence-electron chi connectivity index (χ4n) is 6.70. The molecule has 0 bridgehead atoms. The highest BCUT2D eigenvalue weighted by atomic mass is 35.5. The normalized spacial score (nSPS) is 21.5. The van der Waals surface area contributed by atoms with Crippen molar-refractivity contribution in [3.8, 4) is 0 Å². The van der Waals surface area contributed by atoms with Gasteiger partial charge in [-0.2, -0.15) is 0 Å². The van der Waals surface area contributed by atoms with Crippen LogP contribution in [-0.2, 0) is 31.3 Å². The molecule has 8 nitrogen and oxygen atoms in total. The first-order valence-electron chi connectivity index (χ1n) is 15.1. The Bertz CT molecular complexity index is 1510. The van der Waals surface area contributed by atoms with Crippen LogP contribution >= 0.6 is 11.6 Å². The standard InChI is InChI=1S/C30H39B2ClF2N4O4S/c1-44(42,43)22-5-2-20(3-6-22)18-36-25-7-4-21(33)16-23(25)30(31,32)39-14-12-38(13-15-39)26(40)19-37-27(41)24-17-28(24)8-10-29(34,35)11-9-28/h2-7,16,24,36H,8-15,17-19,31-32H2,1H3,(H,37,41). The minimum Gasteiger partial charge on any atom is -0.381 e. The lowest BCUT2D eigenvalue weighted by Gasteiger charge is -2.45. The number of halogens is 3. The quantitative estimate of drug-likeness (QED) is 0.406. The maximum absolute atomic E-state index is 13.6. The average molecular weight is 647 g/mol. The number of hydrogen-bond acceptors (Lipinski definition) is 6. The van der Waals surface area contributed by atoms with Crippen LogP contribution in [0.2, 0.25) is 5.02 Å². The topological polar surface area (TPSA) is 98.8 Å². The number of benzene rings is 2. The summed E-state index contributed by atoms with van der Waals surface area (Å²) in [4.78, 5) is 30.0. The van der Waals surface area contributed by atoms with Crippen LogP contribution in [0.15, 0.2) is 47.4 Å². The molecule has 1 unspecified atom stereocenters. The summed E-state index contributed by atoms with van der Waals surface area (Å²) < 4.78 is 50.7. The number of nitrogens with zero attached hydrogens (tertiary/aromatic N) is 2. The van der Waals surface area contributed by atoms with Gasteiger partial charge < -0.3 is 20.4 Å². The van der Waals surface area contributed by atoms with E-state index in [0.29, 0.717) is 57.0 Å².